The van der Waals surface area contributed by atoms with Gasteiger partial charge in [0.2, 0.25) is 0 Å². The summed E-state index contributed by atoms with van der Waals surface area (Å²) in [7, 11) is 0. The molecule has 0 aliphatic carbocycles. The van der Waals surface area contributed by atoms with Crippen molar-refractivity contribution >= 4 is 10.9 Å². The maximum Gasteiger partial charge on any atom is 0.145 e. The molecule has 6 heteroatoms. The van der Waals surface area contributed by atoms with Crippen molar-refractivity contribution in [3.8, 4) is 5.75 Å². The van der Waals surface area contributed by atoms with E-state index in [1.165, 1.54) is 12.8 Å². The molecule has 1 saturated heterocycles. The first-order valence-corrected chi connectivity index (χ1v) is 8.89. The Morgan fingerprint density at radius 2 is 2.24 bits per heavy atom. The molecule has 1 aliphatic rings. The number of para-hydroxylation sites is 1. The molecule has 1 N–H and O–H groups in total. The number of aromatic nitrogens is 4. The highest BCUT2D eigenvalue weighted by Gasteiger charge is 2.18. The van der Waals surface area contributed by atoms with Gasteiger partial charge in [0.05, 0.1) is 12.2 Å². The van der Waals surface area contributed by atoms with E-state index in [0.29, 0.717) is 19.1 Å². The van der Waals surface area contributed by atoms with Crippen molar-refractivity contribution in [3.63, 3.8) is 0 Å². The quantitative estimate of drug-likeness (QED) is 0.775. The number of ether oxygens (including phenoxy) is 1. The van der Waals surface area contributed by atoms with Gasteiger partial charge in [-0.25, -0.2) is 9.67 Å². The molecule has 0 unspecified atom stereocenters. The second-order valence-corrected chi connectivity index (χ2v) is 6.58. The Kier molecular flexibility index (Phi) is 4.61. The lowest BCUT2D eigenvalue weighted by Gasteiger charge is -2.20. The molecule has 1 atom stereocenters. The van der Waals surface area contributed by atoms with E-state index in [1.54, 1.807) is 0 Å². The summed E-state index contributed by atoms with van der Waals surface area (Å²) in [5, 5.41) is 13.1. The van der Waals surface area contributed by atoms with Gasteiger partial charge in [-0.1, -0.05) is 23.4 Å². The van der Waals surface area contributed by atoms with Crippen molar-refractivity contribution in [1.82, 2.24) is 25.3 Å². The molecular weight excluding hydrogens is 314 g/mol. The highest BCUT2D eigenvalue weighted by molar-refractivity contribution is 5.84. The molecule has 0 saturated carbocycles. The Morgan fingerprint density at radius 1 is 1.28 bits per heavy atom. The van der Waals surface area contributed by atoms with Crippen LogP contribution in [-0.4, -0.2) is 39.7 Å². The zero-order valence-electron chi connectivity index (χ0n) is 14.5. The monoisotopic (exact) mass is 337 g/mol. The van der Waals surface area contributed by atoms with Crippen molar-refractivity contribution in [2.24, 2.45) is 0 Å². The lowest BCUT2D eigenvalue weighted by atomic mass is 9.97. The van der Waals surface area contributed by atoms with E-state index in [9.17, 15) is 0 Å². The minimum absolute atomic E-state index is 0.480. The summed E-state index contributed by atoms with van der Waals surface area (Å²) < 4.78 is 7.84. The average molecular weight is 337 g/mol. The molecule has 1 aliphatic heterocycles. The predicted octanol–water partition coefficient (Wildman–Crippen LogP) is 2.68. The molecular formula is C19H23N5O. The van der Waals surface area contributed by atoms with Gasteiger partial charge in [-0.05, 0) is 38.4 Å². The van der Waals surface area contributed by atoms with E-state index in [-0.39, 0.29) is 0 Å². The fraction of sp³-hybridized carbons (Fsp3) is 0.421. The van der Waals surface area contributed by atoms with E-state index in [1.807, 2.05) is 36.0 Å². The molecule has 0 radical (unpaired) electrons. The van der Waals surface area contributed by atoms with E-state index >= 15 is 0 Å². The van der Waals surface area contributed by atoms with Gasteiger partial charge in [-0.3, -0.25) is 0 Å². The van der Waals surface area contributed by atoms with Crippen molar-refractivity contribution < 1.29 is 4.74 Å². The van der Waals surface area contributed by atoms with Crippen LogP contribution >= 0.6 is 0 Å². The van der Waals surface area contributed by atoms with Crippen molar-refractivity contribution in [3.05, 3.63) is 47.9 Å². The second kappa shape index (κ2) is 7.19. The number of aryl methyl sites for hydroxylation is 1. The minimum atomic E-state index is 0.480. The summed E-state index contributed by atoms with van der Waals surface area (Å²) in [5.41, 5.74) is 2.98. The molecule has 130 valence electrons. The fourth-order valence-electron chi connectivity index (χ4n) is 3.30. The first-order valence-electron chi connectivity index (χ1n) is 8.89. The summed E-state index contributed by atoms with van der Waals surface area (Å²) in [6.07, 6.45) is 4.43. The molecule has 2 aromatic heterocycles. The van der Waals surface area contributed by atoms with Crippen LogP contribution < -0.4 is 10.1 Å². The molecule has 6 nitrogen and oxygen atoms in total. The first-order chi connectivity index (χ1) is 12.3. The maximum absolute atomic E-state index is 5.97. The maximum atomic E-state index is 5.97. The van der Waals surface area contributed by atoms with Gasteiger partial charge in [0.25, 0.3) is 0 Å². The molecule has 0 amide bonds. The summed E-state index contributed by atoms with van der Waals surface area (Å²) >= 11 is 0. The Bertz CT molecular complexity index is 854. The van der Waals surface area contributed by atoms with Crippen LogP contribution in [0, 0.1) is 6.92 Å². The lowest BCUT2D eigenvalue weighted by Crippen LogP contribution is -2.28. The van der Waals surface area contributed by atoms with Crippen LogP contribution in [0.25, 0.3) is 10.9 Å². The van der Waals surface area contributed by atoms with Gasteiger partial charge in [0.1, 0.15) is 17.9 Å². The number of pyridine rings is 1. The van der Waals surface area contributed by atoms with Crippen LogP contribution in [0.4, 0.5) is 0 Å². The third kappa shape index (κ3) is 3.64. The number of hydrogen-bond donors (Lipinski definition) is 1. The van der Waals surface area contributed by atoms with Crippen LogP contribution in [0.3, 0.4) is 0 Å². The third-order valence-electron chi connectivity index (χ3n) is 4.67. The van der Waals surface area contributed by atoms with Crippen LogP contribution in [0.5, 0.6) is 5.75 Å². The number of nitrogens with one attached hydrogen (secondary N) is 1. The molecule has 3 heterocycles. The Balaban J connectivity index is 1.40. The number of hydrogen-bond acceptors (Lipinski definition) is 5. The second-order valence-electron chi connectivity index (χ2n) is 6.58. The largest absolute Gasteiger partial charge is 0.489 e. The number of piperidine rings is 1. The third-order valence-corrected chi connectivity index (χ3v) is 4.67. The van der Waals surface area contributed by atoms with E-state index in [0.717, 1.165) is 41.1 Å². The zero-order valence-corrected chi connectivity index (χ0v) is 14.5. The van der Waals surface area contributed by atoms with Gasteiger partial charge in [0, 0.05) is 29.7 Å². The summed E-state index contributed by atoms with van der Waals surface area (Å²) in [6, 6.07) is 10.1. The Labute approximate surface area is 147 Å². The van der Waals surface area contributed by atoms with Gasteiger partial charge < -0.3 is 10.1 Å². The van der Waals surface area contributed by atoms with Crippen molar-refractivity contribution in [2.75, 3.05) is 19.7 Å². The molecule has 0 bridgehead atoms. The van der Waals surface area contributed by atoms with Crippen LogP contribution in [-0.2, 0) is 6.54 Å². The molecule has 3 aromatic rings. The molecule has 1 fully saturated rings. The Morgan fingerprint density at radius 3 is 3.12 bits per heavy atom. The normalized spacial score (nSPS) is 17.7. The van der Waals surface area contributed by atoms with E-state index in [4.69, 9.17) is 4.74 Å². The molecule has 4 rings (SSSR count). The zero-order chi connectivity index (χ0) is 17.1. The number of rotatable bonds is 5. The SMILES string of the molecule is Cc1ccc2cccc(OCCn3cc([C@@H]4CCCNC4)nn3)c2n1. The first kappa shape index (κ1) is 16.0. The van der Waals surface area contributed by atoms with Crippen LogP contribution in [0.2, 0.25) is 0 Å². The predicted molar refractivity (Wildman–Crippen MR) is 96.8 cm³/mol. The van der Waals surface area contributed by atoms with Crippen molar-refractivity contribution in [1.29, 1.82) is 0 Å². The van der Waals surface area contributed by atoms with Gasteiger partial charge >= 0.3 is 0 Å². The van der Waals surface area contributed by atoms with Crippen LogP contribution in [0.1, 0.15) is 30.1 Å². The van der Waals surface area contributed by atoms with Crippen LogP contribution in [0.15, 0.2) is 36.5 Å². The minimum Gasteiger partial charge on any atom is -0.489 e. The standard InChI is InChI=1S/C19H23N5O/c1-14-7-8-15-4-2-6-18(19(15)21-14)25-11-10-24-13-17(22-23-24)16-5-3-9-20-12-16/h2,4,6-8,13,16,20H,3,5,9-12H2,1H3/t16-/m1/s1. The molecule has 1 aromatic carbocycles. The van der Waals surface area contributed by atoms with Gasteiger partial charge in [0.15, 0.2) is 0 Å². The number of nitrogens with zero attached hydrogens (tertiary/aromatic N) is 4. The summed E-state index contributed by atoms with van der Waals surface area (Å²) in [5.74, 6) is 1.30. The highest BCUT2D eigenvalue weighted by Crippen LogP contribution is 2.24. The smallest absolute Gasteiger partial charge is 0.145 e. The average Bonchev–Trinajstić information content (AvgIpc) is 3.12. The Hall–Kier alpha value is -2.47. The van der Waals surface area contributed by atoms with E-state index in [2.05, 4.69) is 32.7 Å². The highest BCUT2D eigenvalue weighted by atomic mass is 16.5. The fourth-order valence-corrected chi connectivity index (χ4v) is 3.30. The van der Waals surface area contributed by atoms with Gasteiger partial charge in [-0.15, -0.1) is 5.10 Å². The number of benzene rings is 1. The van der Waals surface area contributed by atoms with E-state index < -0.39 is 0 Å². The molecule has 25 heavy (non-hydrogen) atoms. The van der Waals surface area contributed by atoms with Crippen molar-refractivity contribution in [2.45, 2.75) is 32.2 Å². The lowest BCUT2D eigenvalue weighted by molar-refractivity contribution is 0.292. The summed E-state index contributed by atoms with van der Waals surface area (Å²) in [4.78, 5) is 4.60. The topological polar surface area (TPSA) is 64.9 Å². The van der Waals surface area contributed by atoms with Gasteiger partial charge in [-0.2, -0.15) is 0 Å². The molecule has 0 spiro atoms. The summed E-state index contributed by atoms with van der Waals surface area (Å²) in [6.45, 7) is 5.32. The number of fused-ring (bicyclic) bond motifs is 1.